The number of aryl methyl sites for hydroxylation is 2. The molecule has 10 nitrogen and oxygen atoms in total. The van der Waals surface area contributed by atoms with Crippen molar-refractivity contribution in [2.75, 3.05) is 43.6 Å². The number of rotatable bonds is 5. The summed E-state index contributed by atoms with van der Waals surface area (Å²) >= 11 is 0. The molecule has 35 heavy (non-hydrogen) atoms. The van der Waals surface area contributed by atoms with Crippen LogP contribution in [-0.2, 0) is 18.8 Å². The minimum atomic E-state index is -0.235. The predicted octanol–water partition coefficient (Wildman–Crippen LogP) is 2.30. The number of morpholine rings is 1. The van der Waals surface area contributed by atoms with Gasteiger partial charge in [0, 0.05) is 74.1 Å². The number of hydrogen-bond donors (Lipinski definition) is 1. The molecule has 0 atom stereocenters. The third-order valence-corrected chi connectivity index (χ3v) is 6.06. The van der Waals surface area contributed by atoms with Gasteiger partial charge in [-0.1, -0.05) is 5.92 Å². The molecule has 1 aliphatic rings. The van der Waals surface area contributed by atoms with Crippen LogP contribution in [-0.4, -0.2) is 57.7 Å². The van der Waals surface area contributed by atoms with Gasteiger partial charge in [0.25, 0.3) is 5.56 Å². The highest BCUT2D eigenvalue weighted by Gasteiger charge is 2.21. The highest BCUT2D eigenvalue weighted by atomic mass is 16.5. The van der Waals surface area contributed by atoms with Crippen LogP contribution in [0.15, 0.2) is 41.6 Å². The van der Waals surface area contributed by atoms with E-state index in [2.05, 4.69) is 31.2 Å². The minimum absolute atomic E-state index is 0.235. The van der Waals surface area contributed by atoms with Gasteiger partial charge in [-0.2, -0.15) is 10.1 Å². The molecular weight excluding hydrogens is 446 g/mol. The molecule has 4 aromatic rings. The van der Waals surface area contributed by atoms with Gasteiger partial charge >= 0.3 is 0 Å². The van der Waals surface area contributed by atoms with E-state index < -0.39 is 0 Å². The summed E-state index contributed by atoms with van der Waals surface area (Å²) in [4.78, 5) is 23.6. The summed E-state index contributed by atoms with van der Waals surface area (Å²) in [5.41, 5.74) is 4.35. The lowest BCUT2D eigenvalue weighted by Crippen LogP contribution is -2.36. The van der Waals surface area contributed by atoms with Crippen LogP contribution in [0.25, 0.3) is 22.2 Å². The van der Waals surface area contributed by atoms with Crippen LogP contribution in [0.5, 0.6) is 5.75 Å². The fraction of sp³-hybridized carbons (Fsp3) is 0.280. The molecule has 178 valence electrons. The number of hydrogen-bond acceptors (Lipinski definition) is 8. The van der Waals surface area contributed by atoms with E-state index >= 15 is 0 Å². The fourth-order valence-corrected chi connectivity index (χ4v) is 4.21. The molecule has 10 heteroatoms. The molecule has 1 aromatic carbocycles. The lowest BCUT2D eigenvalue weighted by Gasteiger charge is -2.31. The van der Waals surface area contributed by atoms with Gasteiger partial charge in [-0.3, -0.25) is 14.0 Å². The summed E-state index contributed by atoms with van der Waals surface area (Å²) < 4.78 is 14.5. The van der Waals surface area contributed by atoms with Crippen LogP contribution in [0.3, 0.4) is 0 Å². The van der Waals surface area contributed by atoms with E-state index in [4.69, 9.17) is 15.9 Å². The second-order valence-corrected chi connectivity index (χ2v) is 8.23. The zero-order valence-electron chi connectivity index (χ0n) is 19.8. The predicted molar refractivity (Wildman–Crippen MR) is 134 cm³/mol. The maximum absolute atomic E-state index is 12.3. The number of terminal acetylenes is 1. The highest BCUT2D eigenvalue weighted by Crippen LogP contribution is 2.40. The largest absolute Gasteiger partial charge is 0.494 e. The van der Waals surface area contributed by atoms with Gasteiger partial charge in [0.15, 0.2) is 0 Å². The number of ether oxygens (including phenoxy) is 2. The average Bonchev–Trinajstić information content (AvgIpc) is 3.32. The van der Waals surface area contributed by atoms with E-state index in [0.29, 0.717) is 47.2 Å². The van der Waals surface area contributed by atoms with Crippen molar-refractivity contribution in [3.05, 3.63) is 52.7 Å². The normalized spacial score (nSPS) is 13.6. The van der Waals surface area contributed by atoms with Crippen molar-refractivity contribution in [2.24, 2.45) is 14.1 Å². The van der Waals surface area contributed by atoms with E-state index in [-0.39, 0.29) is 5.56 Å². The number of anilines is 3. The minimum Gasteiger partial charge on any atom is -0.494 e. The van der Waals surface area contributed by atoms with E-state index in [0.717, 1.165) is 29.9 Å². The van der Waals surface area contributed by atoms with Gasteiger partial charge in [0.1, 0.15) is 11.4 Å². The Morgan fingerprint density at radius 1 is 1.17 bits per heavy atom. The molecule has 0 unspecified atom stereocenters. The summed E-state index contributed by atoms with van der Waals surface area (Å²) in [6.07, 6.45) is 11.0. The maximum Gasteiger partial charge on any atom is 0.253 e. The van der Waals surface area contributed by atoms with Gasteiger partial charge in [0.05, 0.1) is 37.6 Å². The molecule has 0 spiro atoms. The van der Waals surface area contributed by atoms with Crippen LogP contribution in [0.1, 0.15) is 5.56 Å². The molecule has 1 saturated heterocycles. The summed E-state index contributed by atoms with van der Waals surface area (Å²) in [5.74, 6) is 3.48. The molecule has 1 fully saturated rings. The number of aromatic nitrogens is 5. The number of methoxy groups -OCH3 is 1. The van der Waals surface area contributed by atoms with Crippen molar-refractivity contribution in [1.29, 1.82) is 0 Å². The van der Waals surface area contributed by atoms with Gasteiger partial charge in [-0.15, -0.1) is 6.42 Å². The third kappa shape index (κ3) is 4.18. The summed E-state index contributed by atoms with van der Waals surface area (Å²) in [5, 5.41) is 8.25. The second-order valence-electron chi connectivity index (χ2n) is 8.23. The molecule has 0 bridgehead atoms. The molecule has 0 amide bonds. The molecule has 4 heterocycles. The van der Waals surface area contributed by atoms with Crippen molar-refractivity contribution < 1.29 is 9.47 Å². The first-order valence-corrected chi connectivity index (χ1v) is 11.1. The molecule has 1 N–H and O–H groups in total. The highest BCUT2D eigenvalue weighted by molar-refractivity contribution is 5.86. The Labute approximate surface area is 202 Å². The summed E-state index contributed by atoms with van der Waals surface area (Å²) in [6.45, 7) is 2.89. The quantitative estimate of drug-likeness (QED) is 0.443. The maximum atomic E-state index is 12.3. The van der Waals surface area contributed by atoms with Crippen molar-refractivity contribution in [3.63, 3.8) is 0 Å². The lowest BCUT2D eigenvalue weighted by atomic mass is 10.0. The Balaban J connectivity index is 1.62. The zero-order valence-corrected chi connectivity index (χ0v) is 19.8. The van der Waals surface area contributed by atoms with E-state index in [1.807, 2.05) is 31.6 Å². The molecular formula is C25H25N7O3. The molecule has 1 aliphatic heterocycles. The van der Waals surface area contributed by atoms with Gasteiger partial charge in [0.2, 0.25) is 5.95 Å². The van der Waals surface area contributed by atoms with Crippen molar-refractivity contribution in [2.45, 2.75) is 0 Å². The van der Waals surface area contributed by atoms with Crippen molar-refractivity contribution in [1.82, 2.24) is 24.3 Å². The Bertz CT molecular complexity index is 1510. The first-order chi connectivity index (χ1) is 17.0. The number of pyridine rings is 1. The van der Waals surface area contributed by atoms with E-state index in [1.165, 1.54) is 10.6 Å². The third-order valence-electron chi connectivity index (χ3n) is 6.06. The Hall–Kier alpha value is -4.36. The molecule has 3 aromatic heterocycles. The Morgan fingerprint density at radius 3 is 2.66 bits per heavy atom. The van der Waals surface area contributed by atoms with Crippen molar-refractivity contribution >= 4 is 28.4 Å². The first-order valence-electron chi connectivity index (χ1n) is 11.1. The van der Waals surface area contributed by atoms with E-state index in [1.54, 1.807) is 25.0 Å². The summed E-state index contributed by atoms with van der Waals surface area (Å²) in [6, 6.07) is 5.42. The second kappa shape index (κ2) is 9.12. The Kier molecular flexibility index (Phi) is 5.84. The van der Waals surface area contributed by atoms with Gasteiger partial charge < -0.3 is 19.7 Å². The topological polar surface area (TPSA) is 99.3 Å². The smallest absolute Gasteiger partial charge is 0.253 e. The van der Waals surface area contributed by atoms with Crippen LogP contribution < -0.4 is 20.5 Å². The molecule has 0 radical (unpaired) electrons. The zero-order chi connectivity index (χ0) is 24.5. The van der Waals surface area contributed by atoms with Crippen LogP contribution in [0, 0.1) is 12.3 Å². The standard InChI is InChI=1S/C25H25N7O3/c1-5-16-10-23(33)31(3)24-19(16)14-26-25(29-24)28-20-11-18(17-13-27-30(2)15-17)21(12-22(20)34-4)32-6-8-35-9-7-32/h1,10-15H,6-9H2,2-4H3,(H,26,28,29). The van der Waals surface area contributed by atoms with Crippen molar-refractivity contribution in [3.8, 4) is 29.2 Å². The Morgan fingerprint density at radius 2 is 1.97 bits per heavy atom. The lowest BCUT2D eigenvalue weighted by molar-refractivity contribution is 0.122. The molecule has 5 rings (SSSR count). The molecule has 0 saturated carbocycles. The monoisotopic (exact) mass is 471 g/mol. The first kappa shape index (κ1) is 22.4. The fourth-order valence-electron chi connectivity index (χ4n) is 4.21. The number of nitrogens with zero attached hydrogens (tertiary/aromatic N) is 6. The average molecular weight is 472 g/mol. The van der Waals surface area contributed by atoms with Crippen LogP contribution in [0.4, 0.5) is 17.3 Å². The van der Waals surface area contributed by atoms with Crippen LogP contribution >= 0.6 is 0 Å². The number of fused-ring (bicyclic) bond motifs is 1. The van der Waals surface area contributed by atoms with Crippen LogP contribution in [0.2, 0.25) is 0 Å². The molecule has 0 aliphatic carbocycles. The number of benzene rings is 1. The summed E-state index contributed by atoms with van der Waals surface area (Å²) in [7, 11) is 5.16. The van der Waals surface area contributed by atoms with E-state index in [9.17, 15) is 4.79 Å². The van der Waals surface area contributed by atoms with Gasteiger partial charge in [-0.05, 0) is 6.07 Å². The SMILES string of the molecule is C#Cc1cc(=O)n(C)c2nc(Nc3cc(-c4cnn(C)c4)c(N4CCOCC4)cc3OC)ncc12. The number of nitrogens with one attached hydrogen (secondary N) is 1. The van der Waals surface area contributed by atoms with Gasteiger partial charge in [-0.25, -0.2) is 4.98 Å².